The first-order valence-electron chi connectivity index (χ1n) is 10.3. The Kier molecular flexibility index (Phi) is 6.98. The molecule has 2 aromatic carbocycles. The molecule has 160 valence electrons. The minimum Gasteiger partial charge on any atom is -0.479 e. The Morgan fingerprint density at radius 1 is 1.00 bits per heavy atom. The van der Waals surface area contributed by atoms with E-state index in [0.717, 1.165) is 18.7 Å². The third kappa shape index (κ3) is 5.32. The predicted molar refractivity (Wildman–Crippen MR) is 117 cm³/mol. The zero-order valence-corrected chi connectivity index (χ0v) is 18.2. The van der Waals surface area contributed by atoms with Gasteiger partial charge in [0.15, 0.2) is 12.7 Å². The van der Waals surface area contributed by atoms with Crippen LogP contribution in [0.5, 0.6) is 5.75 Å². The van der Waals surface area contributed by atoms with E-state index in [4.69, 9.17) is 9.47 Å². The fraction of sp³-hybridized carbons (Fsp3) is 0.417. The Morgan fingerprint density at radius 2 is 1.70 bits per heavy atom. The van der Waals surface area contributed by atoms with Crippen molar-refractivity contribution in [3.63, 3.8) is 0 Å². The van der Waals surface area contributed by atoms with Crippen LogP contribution in [0.2, 0.25) is 0 Å². The summed E-state index contributed by atoms with van der Waals surface area (Å²) in [5, 5.41) is 0. The van der Waals surface area contributed by atoms with E-state index in [1.165, 1.54) is 16.8 Å². The largest absolute Gasteiger partial charge is 0.479 e. The molecule has 6 nitrogen and oxygen atoms in total. The van der Waals surface area contributed by atoms with Crippen molar-refractivity contribution in [2.24, 2.45) is 0 Å². The lowest BCUT2D eigenvalue weighted by Crippen LogP contribution is -2.50. The van der Waals surface area contributed by atoms with E-state index in [0.29, 0.717) is 18.8 Å². The summed E-state index contributed by atoms with van der Waals surface area (Å²) in [6.07, 6.45) is -0.777. The number of hydrogen-bond donors (Lipinski definition) is 0. The first-order valence-corrected chi connectivity index (χ1v) is 10.3. The van der Waals surface area contributed by atoms with Crippen molar-refractivity contribution in [2.45, 2.75) is 33.8 Å². The summed E-state index contributed by atoms with van der Waals surface area (Å²) in [4.78, 5) is 28.7. The second kappa shape index (κ2) is 9.65. The van der Waals surface area contributed by atoms with Crippen LogP contribution in [0.1, 0.15) is 23.6 Å². The minimum absolute atomic E-state index is 0.174. The zero-order chi connectivity index (χ0) is 21.7. The van der Waals surface area contributed by atoms with Gasteiger partial charge in [-0.25, -0.2) is 4.79 Å². The van der Waals surface area contributed by atoms with Crippen LogP contribution in [-0.4, -0.2) is 55.7 Å². The lowest BCUT2D eigenvalue weighted by Gasteiger charge is -2.37. The molecule has 6 heteroatoms. The molecule has 1 amide bonds. The molecule has 0 aliphatic carbocycles. The molecule has 1 fully saturated rings. The number of aryl methyl sites for hydroxylation is 2. The number of nitrogens with zero attached hydrogens (tertiary/aromatic N) is 2. The molecule has 2 aromatic rings. The SMILES string of the molecule is Cc1cccc(O[C@H](C)C(=O)OCC(=O)N2CCN(c3cccc(C)c3C)CC2)c1. The lowest BCUT2D eigenvalue weighted by atomic mass is 10.1. The highest BCUT2D eigenvalue weighted by atomic mass is 16.6. The summed E-state index contributed by atoms with van der Waals surface area (Å²) in [5.41, 5.74) is 4.80. The van der Waals surface area contributed by atoms with Gasteiger partial charge >= 0.3 is 5.97 Å². The molecule has 1 atom stereocenters. The number of benzene rings is 2. The number of piperazine rings is 1. The number of amides is 1. The molecular weight excluding hydrogens is 380 g/mol. The van der Waals surface area contributed by atoms with Gasteiger partial charge in [-0.3, -0.25) is 4.79 Å². The normalized spacial score (nSPS) is 14.9. The average Bonchev–Trinajstić information content (AvgIpc) is 2.74. The molecule has 0 aromatic heterocycles. The molecule has 30 heavy (non-hydrogen) atoms. The van der Waals surface area contributed by atoms with Crippen molar-refractivity contribution < 1.29 is 19.1 Å². The third-order valence-corrected chi connectivity index (χ3v) is 5.52. The molecule has 0 spiro atoms. The Bertz CT molecular complexity index is 904. The summed E-state index contributed by atoms with van der Waals surface area (Å²) in [7, 11) is 0. The molecule has 0 bridgehead atoms. The third-order valence-electron chi connectivity index (χ3n) is 5.52. The van der Waals surface area contributed by atoms with Gasteiger partial charge in [0, 0.05) is 31.9 Å². The zero-order valence-electron chi connectivity index (χ0n) is 18.2. The number of rotatable bonds is 6. The summed E-state index contributed by atoms with van der Waals surface area (Å²) in [5.74, 6) is -0.112. The van der Waals surface area contributed by atoms with Crippen molar-refractivity contribution in [3.8, 4) is 5.75 Å². The summed E-state index contributed by atoms with van der Waals surface area (Å²) in [6, 6.07) is 13.8. The standard InChI is InChI=1S/C24H30N2O4/c1-17-7-5-9-21(15-17)30-20(4)24(28)29-16-23(27)26-13-11-25(12-14-26)22-10-6-8-18(2)19(22)3/h5-10,15,20H,11-14,16H2,1-4H3/t20-/m1/s1. The number of anilines is 1. The summed E-state index contributed by atoms with van der Waals surface area (Å²) >= 11 is 0. The van der Waals surface area contributed by atoms with Crippen molar-refractivity contribution in [1.29, 1.82) is 0 Å². The van der Waals surface area contributed by atoms with E-state index in [1.54, 1.807) is 17.9 Å². The maximum absolute atomic E-state index is 12.5. The van der Waals surface area contributed by atoms with E-state index in [-0.39, 0.29) is 12.5 Å². The Morgan fingerprint density at radius 3 is 2.40 bits per heavy atom. The van der Waals surface area contributed by atoms with Crippen molar-refractivity contribution in [2.75, 3.05) is 37.7 Å². The molecule has 0 radical (unpaired) electrons. The highest BCUT2D eigenvalue weighted by molar-refractivity contribution is 5.82. The predicted octanol–water partition coefficient (Wildman–Crippen LogP) is 3.27. The molecule has 1 aliphatic heterocycles. The first kappa shape index (κ1) is 21.7. The highest BCUT2D eigenvalue weighted by Gasteiger charge is 2.24. The van der Waals surface area contributed by atoms with E-state index >= 15 is 0 Å². The first-order chi connectivity index (χ1) is 14.3. The van der Waals surface area contributed by atoms with Gasteiger partial charge in [0.2, 0.25) is 0 Å². The van der Waals surface area contributed by atoms with Gasteiger partial charge in [-0.2, -0.15) is 0 Å². The second-order valence-electron chi connectivity index (χ2n) is 7.77. The smallest absolute Gasteiger partial charge is 0.347 e. The Labute approximate surface area is 178 Å². The average molecular weight is 411 g/mol. The molecule has 0 N–H and O–H groups in total. The van der Waals surface area contributed by atoms with E-state index in [2.05, 4.69) is 36.9 Å². The fourth-order valence-electron chi connectivity index (χ4n) is 3.56. The van der Waals surface area contributed by atoms with Crippen molar-refractivity contribution >= 4 is 17.6 Å². The molecule has 3 rings (SSSR count). The molecule has 1 heterocycles. The van der Waals surface area contributed by atoms with Crippen LogP contribution >= 0.6 is 0 Å². The van der Waals surface area contributed by atoms with E-state index < -0.39 is 12.1 Å². The highest BCUT2D eigenvalue weighted by Crippen LogP contribution is 2.24. The topological polar surface area (TPSA) is 59.1 Å². The number of hydrogen-bond acceptors (Lipinski definition) is 5. The van der Waals surface area contributed by atoms with E-state index in [9.17, 15) is 9.59 Å². The second-order valence-corrected chi connectivity index (χ2v) is 7.77. The van der Waals surface area contributed by atoms with Crippen LogP contribution in [0.4, 0.5) is 5.69 Å². The van der Waals surface area contributed by atoms with Crippen LogP contribution < -0.4 is 9.64 Å². The van der Waals surface area contributed by atoms with Crippen LogP contribution in [-0.2, 0) is 14.3 Å². The number of esters is 1. The maximum atomic E-state index is 12.5. The number of carbonyl (C=O) groups excluding carboxylic acids is 2. The molecular formula is C24H30N2O4. The molecule has 0 unspecified atom stereocenters. The van der Waals surface area contributed by atoms with Crippen molar-refractivity contribution in [1.82, 2.24) is 4.90 Å². The monoisotopic (exact) mass is 410 g/mol. The van der Waals surface area contributed by atoms with Gasteiger partial charge in [0.1, 0.15) is 5.75 Å². The van der Waals surface area contributed by atoms with Crippen LogP contribution in [0.25, 0.3) is 0 Å². The van der Waals surface area contributed by atoms with Crippen molar-refractivity contribution in [3.05, 3.63) is 59.2 Å². The Balaban J connectivity index is 1.45. The van der Waals surface area contributed by atoms with Crippen LogP contribution in [0.3, 0.4) is 0 Å². The van der Waals surface area contributed by atoms with Gasteiger partial charge in [0.05, 0.1) is 0 Å². The van der Waals surface area contributed by atoms with Gasteiger partial charge in [0.25, 0.3) is 5.91 Å². The van der Waals surface area contributed by atoms with Gasteiger partial charge in [-0.15, -0.1) is 0 Å². The number of ether oxygens (including phenoxy) is 2. The van der Waals surface area contributed by atoms with Crippen LogP contribution in [0, 0.1) is 20.8 Å². The maximum Gasteiger partial charge on any atom is 0.347 e. The quantitative estimate of drug-likeness (QED) is 0.684. The summed E-state index contributed by atoms with van der Waals surface area (Å²) < 4.78 is 10.8. The number of carbonyl (C=O) groups is 2. The summed E-state index contributed by atoms with van der Waals surface area (Å²) in [6.45, 7) is 10.3. The molecule has 1 aliphatic rings. The lowest BCUT2D eigenvalue weighted by molar-refractivity contribution is -0.157. The molecule has 1 saturated heterocycles. The Hall–Kier alpha value is -3.02. The van der Waals surface area contributed by atoms with Gasteiger partial charge in [-0.1, -0.05) is 24.3 Å². The molecule has 0 saturated carbocycles. The van der Waals surface area contributed by atoms with Gasteiger partial charge in [-0.05, 0) is 62.6 Å². The minimum atomic E-state index is -0.777. The fourth-order valence-corrected chi connectivity index (χ4v) is 3.56. The van der Waals surface area contributed by atoms with E-state index in [1.807, 2.05) is 25.1 Å². The van der Waals surface area contributed by atoms with Gasteiger partial charge < -0.3 is 19.3 Å². The van der Waals surface area contributed by atoms with Crippen LogP contribution in [0.15, 0.2) is 42.5 Å².